The van der Waals surface area contributed by atoms with E-state index in [2.05, 4.69) is 24.5 Å². The van der Waals surface area contributed by atoms with Crippen LogP contribution >= 0.6 is 23.4 Å². The maximum absolute atomic E-state index is 13.0. The molecule has 8 heteroatoms. The molecule has 6 nitrogen and oxygen atoms in total. The van der Waals surface area contributed by atoms with Gasteiger partial charge in [0.15, 0.2) is 0 Å². The van der Waals surface area contributed by atoms with Crippen LogP contribution < -0.4 is 10.6 Å². The van der Waals surface area contributed by atoms with Gasteiger partial charge >= 0.3 is 0 Å². The standard InChI is InChI=1S/C23H30ClN3O3S/c1-13-12-16(8-9-17(13)21(29)27-14(2)6-7-15(27)3)25-22(30)23(4,5)26-20(28)18-10-11-19(24)31-18/h8-10,12,14-15,19H,6-7,11H2,1-5H3,(H,25,30)(H,26,28). The van der Waals surface area contributed by atoms with Crippen LogP contribution in [0.15, 0.2) is 29.2 Å². The Balaban J connectivity index is 1.66. The van der Waals surface area contributed by atoms with E-state index in [9.17, 15) is 14.4 Å². The van der Waals surface area contributed by atoms with Crippen molar-refractivity contribution in [2.24, 2.45) is 0 Å². The summed E-state index contributed by atoms with van der Waals surface area (Å²) in [5.41, 5.74) is 0.911. The third-order valence-corrected chi connectivity index (χ3v) is 7.36. The summed E-state index contributed by atoms with van der Waals surface area (Å²) in [6.07, 6.45) is 4.44. The maximum atomic E-state index is 13.0. The molecule has 168 valence electrons. The number of amides is 3. The first kappa shape index (κ1) is 23.7. The topological polar surface area (TPSA) is 78.5 Å². The van der Waals surface area contributed by atoms with Gasteiger partial charge in [-0.1, -0.05) is 6.08 Å². The molecule has 0 saturated carbocycles. The Labute approximate surface area is 193 Å². The highest BCUT2D eigenvalue weighted by Gasteiger charge is 2.34. The number of anilines is 1. The number of nitrogens with one attached hydrogen (secondary N) is 2. The molecular formula is C23H30ClN3O3S. The molecule has 3 amide bonds. The molecule has 0 aromatic heterocycles. The second kappa shape index (κ2) is 9.25. The molecule has 1 aromatic rings. The maximum Gasteiger partial charge on any atom is 0.258 e. The summed E-state index contributed by atoms with van der Waals surface area (Å²) in [5.74, 6) is -0.619. The van der Waals surface area contributed by atoms with E-state index in [1.54, 1.807) is 38.1 Å². The first-order valence-electron chi connectivity index (χ1n) is 10.6. The van der Waals surface area contributed by atoms with Gasteiger partial charge in [-0.25, -0.2) is 0 Å². The van der Waals surface area contributed by atoms with E-state index in [4.69, 9.17) is 11.6 Å². The number of allylic oxidation sites excluding steroid dienone is 1. The predicted octanol–water partition coefficient (Wildman–Crippen LogP) is 4.43. The van der Waals surface area contributed by atoms with Crippen molar-refractivity contribution in [2.75, 3.05) is 5.32 Å². The second-order valence-electron chi connectivity index (χ2n) is 8.88. The van der Waals surface area contributed by atoms with Crippen molar-refractivity contribution in [1.82, 2.24) is 10.2 Å². The largest absolute Gasteiger partial charge is 0.338 e. The van der Waals surface area contributed by atoms with Gasteiger partial charge in [0.2, 0.25) is 5.91 Å². The summed E-state index contributed by atoms with van der Waals surface area (Å²) in [6, 6.07) is 5.74. The van der Waals surface area contributed by atoms with Gasteiger partial charge in [-0.3, -0.25) is 14.4 Å². The number of halogens is 1. The average Bonchev–Trinajstić information content (AvgIpc) is 3.26. The van der Waals surface area contributed by atoms with E-state index >= 15 is 0 Å². The summed E-state index contributed by atoms with van der Waals surface area (Å²) in [7, 11) is 0. The Morgan fingerprint density at radius 3 is 2.35 bits per heavy atom. The van der Waals surface area contributed by atoms with Gasteiger partial charge in [0, 0.05) is 23.3 Å². The average molecular weight is 464 g/mol. The number of likely N-dealkylation sites (tertiary alicyclic amines) is 1. The summed E-state index contributed by atoms with van der Waals surface area (Å²) in [6.45, 7) is 9.33. The molecule has 3 atom stereocenters. The fourth-order valence-electron chi connectivity index (χ4n) is 3.99. The highest BCUT2D eigenvalue weighted by atomic mass is 35.5. The number of hydrogen-bond acceptors (Lipinski definition) is 4. The van der Waals surface area contributed by atoms with Crippen molar-refractivity contribution in [1.29, 1.82) is 0 Å². The number of aryl methyl sites for hydroxylation is 1. The lowest BCUT2D eigenvalue weighted by Gasteiger charge is -2.27. The summed E-state index contributed by atoms with van der Waals surface area (Å²) >= 11 is 7.32. The molecular weight excluding hydrogens is 434 g/mol. The Morgan fingerprint density at radius 2 is 1.81 bits per heavy atom. The van der Waals surface area contributed by atoms with E-state index in [1.165, 1.54) is 11.8 Å². The first-order chi connectivity index (χ1) is 14.5. The van der Waals surface area contributed by atoms with E-state index in [0.29, 0.717) is 22.6 Å². The normalized spacial score (nSPS) is 23.5. The third-order valence-electron chi connectivity index (χ3n) is 5.86. The lowest BCUT2D eigenvalue weighted by Crippen LogP contribution is -2.52. The highest BCUT2D eigenvalue weighted by molar-refractivity contribution is 8.05. The van der Waals surface area contributed by atoms with Gasteiger partial charge in [-0.15, -0.1) is 23.4 Å². The molecule has 1 saturated heterocycles. The summed E-state index contributed by atoms with van der Waals surface area (Å²) in [5, 5.41) is 5.62. The van der Waals surface area contributed by atoms with E-state index in [-0.39, 0.29) is 34.5 Å². The number of alkyl halides is 1. The van der Waals surface area contributed by atoms with Crippen molar-refractivity contribution < 1.29 is 14.4 Å². The van der Waals surface area contributed by atoms with E-state index in [0.717, 1.165) is 18.4 Å². The fourth-order valence-corrected chi connectivity index (χ4v) is 5.18. The smallest absolute Gasteiger partial charge is 0.258 e. The number of benzene rings is 1. The number of carbonyl (C=O) groups excluding carboxylic acids is 3. The zero-order chi connectivity index (χ0) is 22.9. The number of carbonyl (C=O) groups is 3. The Morgan fingerprint density at radius 1 is 1.16 bits per heavy atom. The van der Waals surface area contributed by atoms with Gasteiger partial charge < -0.3 is 15.5 Å². The molecule has 2 aliphatic rings. The van der Waals surface area contributed by atoms with Crippen molar-refractivity contribution in [2.45, 2.75) is 76.2 Å². The molecule has 1 fully saturated rings. The van der Waals surface area contributed by atoms with Crippen LogP contribution in [-0.2, 0) is 9.59 Å². The van der Waals surface area contributed by atoms with Crippen LogP contribution in [0.2, 0.25) is 0 Å². The van der Waals surface area contributed by atoms with Crippen LogP contribution in [0.4, 0.5) is 5.69 Å². The minimum Gasteiger partial charge on any atom is -0.338 e. The van der Waals surface area contributed by atoms with E-state index in [1.807, 2.05) is 11.8 Å². The summed E-state index contributed by atoms with van der Waals surface area (Å²) < 4.78 is -0.145. The number of thioether (sulfide) groups is 1. The molecule has 2 N–H and O–H groups in total. The van der Waals surface area contributed by atoms with Gasteiger partial charge in [0.05, 0.1) is 9.61 Å². The number of rotatable bonds is 5. The third kappa shape index (κ3) is 5.26. The minimum atomic E-state index is -1.12. The molecule has 0 bridgehead atoms. The highest BCUT2D eigenvalue weighted by Crippen LogP contribution is 2.35. The number of hydrogen-bond donors (Lipinski definition) is 2. The lowest BCUT2D eigenvalue weighted by atomic mass is 10.0. The quantitative estimate of drug-likeness (QED) is 0.633. The van der Waals surface area contributed by atoms with Crippen molar-refractivity contribution in [3.63, 3.8) is 0 Å². The van der Waals surface area contributed by atoms with Crippen LogP contribution in [-0.4, -0.2) is 45.0 Å². The number of nitrogens with zero attached hydrogens (tertiary/aromatic N) is 1. The molecule has 0 radical (unpaired) electrons. The van der Waals surface area contributed by atoms with Gasteiger partial charge in [-0.2, -0.15) is 0 Å². The Kier molecular flexibility index (Phi) is 7.06. The molecule has 0 aliphatic carbocycles. The predicted molar refractivity (Wildman–Crippen MR) is 126 cm³/mol. The van der Waals surface area contributed by atoms with Gasteiger partial charge in [0.25, 0.3) is 11.8 Å². The molecule has 0 spiro atoms. The van der Waals surface area contributed by atoms with Crippen molar-refractivity contribution in [3.8, 4) is 0 Å². The zero-order valence-corrected chi connectivity index (χ0v) is 20.2. The molecule has 3 rings (SSSR count). The molecule has 1 aromatic carbocycles. The van der Waals surface area contributed by atoms with Crippen molar-refractivity contribution >= 4 is 46.8 Å². The first-order valence-corrected chi connectivity index (χ1v) is 11.9. The second-order valence-corrected chi connectivity index (χ2v) is 10.9. The molecule has 3 unspecified atom stereocenters. The van der Waals surface area contributed by atoms with Crippen molar-refractivity contribution in [3.05, 3.63) is 40.3 Å². The SMILES string of the molecule is Cc1cc(NC(=O)C(C)(C)NC(=O)C2=CCC(Cl)S2)ccc1C(=O)N1C(C)CCC1C. The minimum absolute atomic E-state index is 0.0282. The zero-order valence-electron chi connectivity index (χ0n) is 18.6. The lowest BCUT2D eigenvalue weighted by molar-refractivity contribution is -0.127. The van der Waals surface area contributed by atoms with Crippen LogP contribution in [0.1, 0.15) is 62.9 Å². The van der Waals surface area contributed by atoms with Crippen LogP contribution in [0.3, 0.4) is 0 Å². The van der Waals surface area contributed by atoms with Crippen LogP contribution in [0.25, 0.3) is 0 Å². The van der Waals surface area contributed by atoms with Gasteiger partial charge in [0.1, 0.15) is 5.54 Å². The summed E-state index contributed by atoms with van der Waals surface area (Å²) in [4.78, 5) is 40.8. The Bertz CT molecular complexity index is 921. The van der Waals surface area contributed by atoms with Gasteiger partial charge in [-0.05, 0) is 77.6 Å². The Hall–Kier alpha value is -1.99. The fraction of sp³-hybridized carbons (Fsp3) is 0.522. The monoisotopic (exact) mass is 463 g/mol. The van der Waals surface area contributed by atoms with Crippen LogP contribution in [0.5, 0.6) is 0 Å². The molecule has 2 aliphatic heterocycles. The molecule has 31 heavy (non-hydrogen) atoms. The van der Waals surface area contributed by atoms with E-state index < -0.39 is 5.54 Å². The van der Waals surface area contributed by atoms with Crippen LogP contribution in [0, 0.1) is 6.92 Å². The molecule has 2 heterocycles.